The Bertz CT molecular complexity index is 472. The lowest BCUT2D eigenvalue weighted by molar-refractivity contribution is -0.157. The van der Waals surface area contributed by atoms with Crippen molar-refractivity contribution in [3.8, 4) is 0 Å². The second-order valence-corrected chi connectivity index (χ2v) is 7.00. The van der Waals surface area contributed by atoms with Crippen LogP contribution in [0.1, 0.15) is 38.5 Å². The second kappa shape index (κ2) is 7.61. The summed E-state index contributed by atoms with van der Waals surface area (Å²) in [7, 11) is 2.80. The van der Waals surface area contributed by atoms with Crippen LogP contribution in [0, 0.1) is 5.41 Å². The van der Waals surface area contributed by atoms with Crippen molar-refractivity contribution in [1.82, 2.24) is 15.1 Å². The second-order valence-electron chi connectivity index (χ2n) is 7.00. The molecule has 1 heterocycles. The summed E-state index contributed by atoms with van der Waals surface area (Å²) in [6.45, 7) is 0.382. The summed E-state index contributed by atoms with van der Waals surface area (Å²) in [5.41, 5.74) is 0.354. The molecule has 1 saturated carbocycles. The number of hydrogen-bond acceptors (Lipinski definition) is 2. The fraction of sp³-hybridized carbons (Fsp3) is 0.875. The lowest BCUT2D eigenvalue weighted by Gasteiger charge is -2.33. The zero-order valence-electron chi connectivity index (χ0n) is 14.5. The highest BCUT2D eigenvalue weighted by molar-refractivity contribution is 5.86. The smallest absolute Gasteiger partial charge is 0.347 e. The minimum atomic E-state index is -4.38. The molecule has 1 N–H and O–H groups in total. The number of nitrogens with zero attached hydrogens (tertiary/aromatic N) is 3. The van der Waals surface area contributed by atoms with Crippen molar-refractivity contribution in [3.05, 3.63) is 0 Å². The number of likely N-dealkylation sites (tertiary alicyclic amines) is 1. The summed E-state index contributed by atoms with van der Waals surface area (Å²) in [5, 5.41) is 2.92. The molecule has 0 aromatic carbocycles. The van der Waals surface area contributed by atoms with Crippen LogP contribution in [-0.2, 0) is 4.79 Å². The number of halogens is 3. The van der Waals surface area contributed by atoms with Gasteiger partial charge in [-0.1, -0.05) is 19.3 Å². The topological polar surface area (TPSA) is 47.9 Å². The molecule has 5 nitrogen and oxygen atoms in total. The molecule has 2 rings (SSSR count). The number of nitrogens with one attached hydrogen (secondary N) is 1. The Balaban J connectivity index is 1.84. The van der Waals surface area contributed by atoms with E-state index in [2.05, 4.69) is 15.2 Å². The van der Waals surface area contributed by atoms with Gasteiger partial charge in [0.15, 0.2) is 5.96 Å². The fourth-order valence-corrected chi connectivity index (χ4v) is 3.80. The van der Waals surface area contributed by atoms with Crippen molar-refractivity contribution >= 4 is 11.9 Å². The van der Waals surface area contributed by atoms with E-state index in [1.165, 1.54) is 32.1 Å². The SMILES string of the molecule is CN=C(NCC(=O)N(C)CC(F)(F)F)N1CCC2(CCCCC2)C1. The van der Waals surface area contributed by atoms with Gasteiger partial charge in [-0.2, -0.15) is 13.2 Å². The van der Waals surface area contributed by atoms with Crippen molar-refractivity contribution < 1.29 is 18.0 Å². The van der Waals surface area contributed by atoms with Crippen LogP contribution in [0.5, 0.6) is 0 Å². The Kier molecular flexibility index (Phi) is 5.98. The Labute approximate surface area is 141 Å². The number of carbonyl (C=O) groups is 1. The van der Waals surface area contributed by atoms with Crippen LogP contribution in [0.3, 0.4) is 0 Å². The maximum Gasteiger partial charge on any atom is 0.406 e. The van der Waals surface area contributed by atoms with E-state index in [4.69, 9.17) is 0 Å². The Morgan fingerprint density at radius 1 is 1.25 bits per heavy atom. The van der Waals surface area contributed by atoms with Crippen LogP contribution in [0.2, 0.25) is 0 Å². The summed E-state index contributed by atoms with van der Waals surface area (Å²) >= 11 is 0. The Morgan fingerprint density at radius 3 is 2.50 bits per heavy atom. The molecule has 8 heteroatoms. The first-order valence-electron chi connectivity index (χ1n) is 8.51. The van der Waals surface area contributed by atoms with Crippen LogP contribution in [0.4, 0.5) is 13.2 Å². The van der Waals surface area contributed by atoms with Gasteiger partial charge < -0.3 is 15.1 Å². The minimum Gasteiger partial charge on any atom is -0.347 e. The van der Waals surface area contributed by atoms with E-state index in [-0.39, 0.29) is 6.54 Å². The molecule has 1 aliphatic heterocycles. The van der Waals surface area contributed by atoms with Crippen molar-refractivity contribution in [3.63, 3.8) is 0 Å². The van der Waals surface area contributed by atoms with Gasteiger partial charge in [-0.3, -0.25) is 9.79 Å². The van der Waals surface area contributed by atoms with Gasteiger partial charge >= 0.3 is 6.18 Å². The third-order valence-corrected chi connectivity index (χ3v) is 5.10. The van der Waals surface area contributed by atoms with Crippen molar-refractivity contribution in [2.75, 3.05) is 40.3 Å². The predicted octanol–water partition coefficient (Wildman–Crippen LogP) is 2.24. The molecular formula is C16H27F3N4O. The third kappa shape index (κ3) is 5.01. The maximum atomic E-state index is 12.3. The maximum absolute atomic E-state index is 12.3. The summed E-state index contributed by atoms with van der Waals surface area (Å²) in [5.74, 6) is 0.00580. The Hall–Kier alpha value is -1.47. The summed E-state index contributed by atoms with van der Waals surface area (Å²) in [6.07, 6.45) is 3.03. The first kappa shape index (κ1) is 18.9. The summed E-state index contributed by atoms with van der Waals surface area (Å²) < 4.78 is 37.0. The quantitative estimate of drug-likeness (QED) is 0.629. The van der Waals surface area contributed by atoms with E-state index in [0.29, 0.717) is 16.3 Å². The molecule has 1 spiro atoms. The molecule has 1 aliphatic carbocycles. The monoisotopic (exact) mass is 348 g/mol. The first-order valence-corrected chi connectivity index (χ1v) is 8.51. The molecule has 0 aromatic heterocycles. The van der Waals surface area contributed by atoms with E-state index >= 15 is 0 Å². The molecule has 24 heavy (non-hydrogen) atoms. The van der Waals surface area contributed by atoms with Crippen LogP contribution in [0.15, 0.2) is 4.99 Å². The van der Waals surface area contributed by atoms with Crippen molar-refractivity contribution in [2.45, 2.75) is 44.7 Å². The normalized spacial score (nSPS) is 21.2. The lowest BCUT2D eigenvalue weighted by Crippen LogP contribution is -2.47. The van der Waals surface area contributed by atoms with Gasteiger partial charge in [0.25, 0.3) is 0 Å². The zero-order valence-corrected chi connectivity index (χ0v) is 14.5. The number of rotatable bonds is 3. The standard InChI is InChI=1S/C16H27F3N4O/c1-20-14(21-10-13(24)22(2)12-16(17,18)19)23-9-8-15(11-23)6-4-3-5-7-15/h3-12H2,1-2H3,(H,20,21). The van der Waals surface area contributed by atoms with E-state index in [9.17, 15) is 18.0 Å². The van der Waals surface area contributed by atoms with E-state index in [1.807, 2.05) is 0 Å². The molecule has 0 radical (unpaired) electrons. The Morgan fingerprint density at radius 2 is 1.92 bits per heavy atom. The highest BCUT2D eigenvalue weighted by Gasteiger charge is 2.40. The van der Waals surface area contributed by atoms with Crippen LogP contribution < -0.4 is 5.32 Å². The average Bonchev–Trinajstić information content (AvgIpc) is 2.90. The number of hydrogen-bond donors (Lipinski definition) is 1. The van der Waals surface area contributed by atoms with Crippen LogP contribution >= 0.6 is 0 Å². The van der Waals surface area contributed by atoms with Gasteiger partial charge in [-0.05, 0) is 24.7 Å². The molecule has 0 unspecified atom stereocenters. The molecule has 0 aromatic rings. The number of guanidine groups is 1. The molecule has 1 amide bonds. The molecule has 0 atom stereocenters. The third-order valence-electron chi connectivity index (χ3n) is 5.10. The van der Waals surface area contributed by atoms with Crippen molar-refractivity contribution in [1.29, 1.82) is 0 Å². The van der Waals surface area contributed by atoms with Crippen LogP contribution in [0.25, 0.3) is 0 Å². The van der Waals surface area contributed by atoms with E-state index in [0.717, 1.165) is 26.6 Å². The van der Waals surface area contributed by atoms with Gasteiger partial charge in [-0.15, -0.1) is 0 Å². The van der Waals surface area contributed by atoms with Gasteiger partial charge in [0.05, 0.1) is 6.54 Å². The average molecular weight is 348 g/mol. The molecule has 1 saturated heterocycles. The molecule has 0 bridgehead atoms. The van der Waals surface area contributed by atoms with Crippen molar-refractivity contribution in [2.24, 2.45) is 10.4 Å². The number of aliphatic imine (C=N–C) groups is 1. The number of carbonyl (C=O) groups excluding carboxylic acids is 1. The fourth-order valence-electron chi connectivity index (χ4n) is 3.80. The molecular weight excluding hydrogens is 321 g/mol. The highest BCUT2D eigenvalue weighted by Crippen LogP contribution is 2.43. The van der Waals surface area contributed by atoms with Gasteiger partial charge in [0.1, 0.15) is 6.54 Å². The predicted molar refractivity (Wildman–Crippen MR) is 86.8 cm³/mol. The zero-order chi connectivity index (χ0) is 17.8. The van der Waals surface area contributed by atoms with Gasteiger partial charge in [0.2, 0.25) is 5.91 Å². The number of amides is 1. The summed E-state index contributed by atoms with van der Waals surface area (Å²) in [4.78, 5) is 18.8. The largest absolute Gasteiger partial charge is 0.406 e. The molecule has 2 fully saturated rings. The minimum absolute atomic E-state index is 0.178. The highest BCUT2D eigenvalue weighted by atomic mass is 19.4. The van der Waals surface area contributed by atoms with E-state index < -0.39 is 18.6 Å². The lowest BCUT2D eigenvalue weighted by atomic mass is 9.73. The first-order chi connectivity index (χ1) is 11.2. The van der Waals surface area contributed by atoms with Gasteiger partial charge in [0, 0.05) is 27.2 Å². The summed E-state index contributed by atoms with van der Waals surface area (Å²) in [6, 6.07) is 0. The van der Waals surface area contributed by atoms with Gasteiger partial charge in [-0.25, -0.2) is 0 Å². The van der Waals surface area contributed by atoms with E-state index in [1.54, 1.807) is 7.05 Å². The molecule has 138 valence electrons. The molecule has 2 aliphatic rings. The number of likely N-dealkylation sites (N-methyl/N-ethyl adjacent to an activating group) is 1. The number of alkyl halides is 3. The van der Waals surface area contributed by atoms with Crippen LogP contribution in [-0.4, -0.2) is 68.1 Å².